The number of halogens is 1. The highest BCUT2D eigenvalue weighted by atomic mass is 35.5. The summed E-state index contributed by atoms with van der Waals surface area (Å²) in [5.41, 5.74) is 0. The number of hydrogen-bond acceptors (Lipinski definition) is 2. The highest BCUT2D eigenvalue weighted by molar-refractivity contribution is 6.26. The number of rotatable bonds is 5. The van der Waals surface area contributed by atoms with Crippen molar-refractivity contribution in [3.05, 3.63) is 0 Å². The van der Waals surface area contributed by atoms with Crippen LogP contribution in [0.2, 0.25) is 0 Å². The lowest BCUT2D eigenvalue weighted by Gasteiger charge is -2.10. The van der Waals surface area contributed by atoms with Crippen molar-refractivity contribution in [2.75, 3.05) is 5.88 Å². The normalized spacial score (nSPS) is 12.6. The molecule has 0 aliphatic rings. The van der Waals surface area contributed by atoms with Crippen LogP contribution in [0.3, 0.4) is 0 Å². The molecule has 0 aliphatic carbocycles. The van der Waals surface area contributed by atoms with Gasteiger partial charge in [-0.1, -0.05) is 19.8 Å². The van der Waals surface area contributed by atoms with Gasteiger partial charge in [0, 0.05) is 0 Å². The molecule has 1 atom stereocenters. The zero-order valence-electron chi connectivity index (χ0n) is 7.10. The molecule has 3 heteroatoms. The molecule has 0 amide bonds. The number of unbranched alkanes of at least 4 members (excludes halogenated alkanes) is 1. The van der Waals surface area contributed by atoms with Crippen molar-refractivity contribution in [2.24, 2.45) is 0 Å². The van der Waals surface area contributed by atoms with E-state index in [2.05, 4.69) is 6.92 Å². The molecule has 0 fully saturated rings. The minimum absolute atomic E-state index is 0.0150. The number of ether oxygens (including phenoxy) is 1. The van der Waals surface area contributed by atoms with Crippen molar-refractivity contribution in [3.63, 3.8) is 0 Å². The van der Waals surface area contributed by atoms with E-state index in [0.717, 1.165) is 19.3 Å². The van der Waals surface area contributed by atoms with Crippen LogP contribution in [0, 0.1) is 0 Å². The van der Waals surface area contributed by atoms with E-state index < -0.39 is 0 Å². The molecule has 0 bridgehead atoms. The van der Waals surface area contributed by atoms with Crippen molar-refractivity contribution < 1.29 is 9.53 Å². The van der Waals surface area contributed by atoms with Gasteiger partial charge in [-0.25, -0.2) is 0 Å². The Labute approximate surface area is 72.9 Å². The van der Waals surface area contributed by atoms with Crippen molar-refractivity contribution in [1.29, 1.82) is 0 Å². The Morgan fingerprint density at radius 3 is 2.73 bits per heavy atom. The fraction of sp³-hybridized carbons (Fsp3) is 0.875. The molecule has 0 aliphatic heterocycles. The summed E-state index contributed by atoms with van der Waals surface area (Å²) in [5.74, 6) is -0.369. The lowest BCUT2D eigenvalue weighted by atomic mass is 10.2. The van der Waals surface area contributed by atoms with Crippen LogP contribution < -0.4 is 0 Å². The monoisotopic (exact) mass is 178 g/mol. The van der Waals surface area contributed by atoms with Gasteiger partial charge in [-0.05, 0) is 13.3 Å². The Balaban J connectivity index is 3.35. The molecule has 0 saturated heterocycles. The molecule has 0 spiro atoms. The summed E-state index contributed by atoms with van der Waals surface area (Å²) in [6, 6.07) is 0. The Hall–Kier alpha value is -0.240. The van der Waals surface area contributed by atoms with E-state index in [1.165, 1.54) is 0 Å². The first-order chi connectivity index (χ1) is 5.20. The predicted molar refractivity (Wildman–Crippen MR) is 45.8 cm³/mol. The van der Waals surface area contributed by atoms with E-state index >= 15 is 0 Å². The largest absolute Gasteiger partial charge is 0.462 e. The van der Waals surface area contributed by atoms with Gasteiger partial charge in [-0.3, -0.25) is 4.79 Å². The maximum Gasteiger partial charge on any atom is 0.321 e. The van der Waals surface area contributed by atoms with Crippen molar-refractivity contribution in [3.8, 4) is 0 Å². The third-order valence-electron chi connectivity index (χ3n) is 1.41. The topological polar surface area (TPSA) is 26.3 Å². The van der Waals surface area contributed by atoms with Crippen LogP contribution in [0.5, 0.6) is 0 Å². The zero-order chi connectivity index (χ0) is 8.69. The van der Waals surface area contributed by atoms with E-state index in [0.29, 0.717) is 0 Å². The molecule has 0 heterocycles. The van der Waals surface area contributed by atoms with Crippen LogP contribution in [0.25, 0.3) is 0 Å². The van der Waals surface area contributed by atoms with E-state index in [4.69, 9.17) is 16.3 Å². The van der Waals surface area contributed by atoms with Gasteiger partial charge < -0.3 is 4.74 Å². The minimum Gasteiger partial charge on any atom is -0.462 e. The van der Waals surface area contributed by atoms with Crippen molar-refractivity contribution in [2.45, 2.75) is 39.2 Å². The van der Waals surface area contributed by atoms with Gasteiger partial charge in [0.25, 0.3) is 0 Å². The Morgan fingerprint density at radius 2 is 2.27 bits per heavy atom. The van der Waals surface area contributed by atoms with Gasteiger partial charge in [0.05, 0.1) is 6.10 Å². The average Bonchev–Trinajstić information content (AvgIpc) is 2.00. The molecule has 0 N–H and O–H groups in total. The Bertz CT molecular complexity index is 115. The maximum absolute atomic E-state index is 10.6. The molecule has 0 rings (SSSR count). The summed E-state index contributed by atoms with van der Waals surface area (Å²) in [6.45, 7) is 4.00. The molecular weight excluding hydrogens is 164 g/mol. The van der Waals surface area contributed by atoms with Crippen LogP contribution in [0.15, 0.2) is 0 Å². The molecule has 2 nitrogen and oxygen atoms in total. The second kappa shape index (κ2) is 6.47. The van der Waals surface area contributed by atoms with Gasteiger partial charge in [-0.2, -0.15) is 0 Å². The lowest BCUT2D eigenvalue weighted by molar-refractivity contribution is -0.145. The third kappa shape index (κ3) is 6.17. The quantitative estimate of drug-likeness (QED) is 0.477. The van der Waals surface area contributed by atoms with Gasteiger partial charge in [-0.15, -0.1) is 11.6 Å². The van der Waals surface area contributed by atoms with E-state index in [-0.39, 0.29) is 18.0 Å². The number of hydrogen-bond donors (Lipinski definition) is 0. The van der Waals surface area contributed by atoms with Crippen LogP contribution in [-0.4, -0.2) is 18.0 Å². The minimum atomic E-state index is -0.324. The third-order valence-corrected chi connectivity index (χ3v) is 1.62. The molecule has 11 heavy (non-hydrogen) atoms. The first kappa shape index (κ1) is 10.8. The van der Waals surface area contributed by atoms with Gasteiger partial charge in [0.2, 0.25) is 0 Å². The summed E-state index contributed by atoms with van der Waals surface area (Å²) in [7, 11) is 0. The first-order valence-corrected chi connectivity index (χ1v) is 4.49. The van der Waals surface area contributed by atoms with Gasteiger partial charge >= 0.3 is 5.97 Å². The fourth-order valence-corrected chi connectivity index (χ4v) is 0.869. The molecule has 0 aromatic carbocycles. The van der Waals surface area contributed by atoms with E-state index in [1.54, 1.807) is 0 Å². The van der Waals surface area contributed by atoms with Crippen LogP contribution in [0.4, 0.5) is 0 Å². The highest BCUT2D eigenvalue weighted by Gasteiger charge is 2.06. The smallest absolute Gasteiger partial charge is 0.321 e. The summed E-state index contributed by atoms with van der Waals surface area (Å²) in [5, 5.41) is 0. The Kier molecular flexibility index (Phi) is 6.33. The fourth-order valence-electron chi connectivity index (χ4n) is 0.806. The molecule has 66 valence electrons. The average molecular weight is 179 g/mol. The number of carbonyl (C=O) groups excluding carboxylic acids is 1. The molecule has 0 radical (unpaired) electrons. The van der Waals surface area contributed by atoms with Gasteiger partial charge in [0.15, 0.2) is 0 Å². The summed E-state index contributed by atoms with van der Waals surface area (Å²) in [6.07, 6.45) is 3.17. The second-order valence-electron chi connectivity index (χ2n) is 2.58. The van der Waals surface area contributed by atoms with Crippen LogP contribution >= 0.6 is 11.6 Å². The summed E-state index contributed by atoms with van der Waals surface area (Å²) >= 11 is 5.26. The van der Waals surface area contributed by atoms with E-state index in [9.17, 15) is 4.79 Å². The van der Waals surface area contributed by atoms with Crippen molar-refractivity contribution in [1.82, 2.24) is 0 Å². The lowest BCUT2D eigenvalue weighted by Crippen LogP contribution is -2.15. The number of alkyl halides is 1. The number of carbonyl (C=O) groups is 1. The Morgan fingerprint density at radius 1 is 1.64 bits per heavy atom. The maximum atomic E-state index is 10.6. The van der Waals surface area contributed by atoms with Gasteiger partial charge in [0.1, 0.15) is 5.88 Å². The summed E-state index contributed by atoms with van der Waals surface area (Å²) in [4.78, 5) is 10.6. The molecule has 0 aromatic heterocycles. The van der Waals surface area contributed by atoms with E-state index in [1.807, 2.05) is 6.92 Å². The summed E-state index contributed by atoms with van der Waals surface area (Å²) < 4.78 is 4.93. The molecule has 0 aromatic rings. The first-order valence-electron chi connectivity index (χ1n) is 3.96. The predicted octanol–water partition coefficient (Wildman–Crippen LogP) is 2.35. The zero-order valence-corrected chi connectivity index (χ0v) is 7.86. The number of esters is 1. The molecule has 1 unspecified atom stereocenters. The van der Waals surface area contributed by atoms with Crippen LogP contribution in [-0.2, 0) is 9.53 Å². The molecular formula is C8H15ClO2. The SMILES string of the molecule is CCCCC(C)OC(=O)CCl. The van der Waals surface area contributed by atoms with Crippen molar-refractivity contribution >= 4 is 17.6 Å². The second-order valence-corrected chi connectivity index (χ2v) is 2.84. The van der Waals surface area contributed by atoms with Crippen LogP contribution in [0.1, 0.15) is 33.1 Å². The molecule has 0 saturated carbocycles. The highest BCUT2D eigenvalue weighted by Crippen LogP contribution is 2.04. The standard InChI is InChI=1S/C8H15ClO2/c1-3-4-5-7(2)11-8(10)6-9/h7H,3-6H2,1-2H3.